The van der Waals surface area contributed by atoms with Crippen LogP contribution < -0.4 is 0 Å². The Labute approximate surface area is 98.4 Å². The minimum Gasteiger partial charge on any atom is -0.480 e. The number of fused-ring (bicyclic) bond motifs is 1. The van der Waals surface area contributed by atoms with Gasteiger partial charge in [-0.25, -0.2) is 0 Å². The fraction of sp³-hybridized carbons (Fsp3) is 0.545. The van der Waals surface area contributed by atoms with Crippen LogP contribution in [0.15, 0.2) is 11.4 Å². The van der Waals surface area contributed by atoms with Crippen LogP contribution in [-0.4, -0.2) is 42.3 Å². The average Bonchev–Trinajstić information content (AvgIpc) is 2.72. The monoisotopic (exact) mass is 241 g/mol. The van der Waals surface area contributed by atoms with E-state index in [0.29, 0.717) is 0 Å². The fourth-order valence-electron chi connectivity index (χ4n) is 2.03. The number of thiophene rings is 1. The summed E-state index contributed by atoms with van der Waals surface area (Å²) in [7, 11) is 1.54. The third-order valence-electron chi connectivity index (χ3n) is 2.89. The van der Waals surface area contributed by atoms with Gasteiger partial charge in [-0.05, 0) is 23.4 Å². The van der Waals surface area contributed by atoms with E-state index in [1.807, 2.05) is 4.90 Å². The first kappa shape index (κ1) is 11.6. The number of hydrogen-bond donors (Lipinski definition) is 1. The van der Waals surface area contributed by atoms with Gasteiger partial charge in [-0.1, -0.05) is 0 Å². The molecule has 0 radical (unpaired) electrons. The van der Waals surface area contributed by atoms with Gasteiger partial charge in [0, 0.05) is 25.1 Å². The molecule has 1 aromatic rings. The number of hydrogen-bond acceptors (Lipinski definition) is 4. The standard InChI is InChI=1S/C11H15NO3S/c1-15-7-9(11(13)14)12-4-2-10-8(6-12)3-5-16-10/h3,5,9H,2,4,6-7H2,1H3,(H,13,14). The highest BCUT2D eigenvalue weighted by Crippen LogP contribution is 2.25. The highest BCUT2D eigenvalue weighted by atomic mass is 32.1. The number of aliphatic carboxylic acids is 1. The number of methoxy groups -OCH3 is 1. The molecule has 1 atom stereocenters. The van der Waals surface area contributed by atoms with Crippen LogP contribution in [-0.2, 0) is 22.5 Å². The van der Waals surface area contributed by atoms with Crippen molar-refractivity contribution in [3.63, 3.8) is 0 Å². The first-order chi connectivity index (χ1) is 7.72. The number of nitrogens with zero attached hydrogens (tertiary/aromatic N) is 1. The minimum absolute atomic E-state index is 0.245. The maximum absolute atomic E-state index is 11.1. The Balaban J connectivity index is 2.09. The topological polar surface area (TPSA) is 49.8 Å². The summed E-state index contributed by atoms with van der Waals surface area (Å²) in [6, 6.07) is 1.55. The molecule has 0 bridgehead atoms. The van der Waals surface area contributed by atoms with Gasteiger partial charge < -0.3 is 9.84 Å². The zero-order chi connectivity index (χ0) is 11.5. The van der Waals surface area contributed by atoms with E-state index in [1.54, 1.807) is 11.3 Å². The largest absolute Gasteiger partial charge is 0.480 e. The third-order valence-corrected chi connectivity index (χ3v) is 3.91. The Morgan fingerprint density at radius 2 is 2.56 bits per heavy atom. The summed E-state index contributed by atoms with van der Waals surface area (Å²) in [4.78, 5) is 14.5. The summed E-state index contributed by atoms with van der Waals surface area (Å²) >= 11 is 1.76. The smallest absolute Gasteiger partial charge is 0.323 e. The molecule has 5 heteroatoms. The molecule has 16 heavy (non-hydrogen) atoms. The van der Waals surface area contributed by atoms with E-state index in [0.717, 1.165) is 19.5 Å². The van der Waals surface area contributed by atoms with E-state index in [9.17, 15) is 4.79 Å². The molecule has 0 aromatic carbocycles. The zero-order valence-electron chi connectivity index (χ0n) is 9.18. The van der Waals surface area contributed by atoms with Gasteiger partial charge >= 0.3 is 5.97 Å². The molecular formula is C11H15NO3S. The second kappa shape index (κ2) is 4.95. The Morgan fingerprint density at radius 3 is 3.25 bits per heavy atom. The molecule has 1 aromatic heterocycles. The van der Waals surface area contributed by atoms with E-state index in [-0.39, 0.29) is 6.61 Å². The van der Waals surface area contributed by atoms with E-state index in [1.165, 1.54) is 17.6 Å². The summed E-state index contributed by atoms with van der Waals surface area (Å²) in [6.07, 6.45) is 0.945. The van der Waals surface area contributed by atoms with Crippen LogP contribution in [0.3, 0.4) is 0 Å². The van der Waals surface area contributed by atoms with Gasteiger partial charge in [-0.3, -0.25) is 9.69 Å². The molecule has 0 spiro atoms. The van der Waals surface area contributed by atoms with Crippen molar-refractivity contribution in [2.45, 2.75) is 19.0 Å². The van der Waals surface area contributed by atoms with Crippen LogP contribution in [0.4, 0.5) is 0 Å². The number of carboxylic acids is 1. The van der Waals surface area contributed by atoms with Crippen LogP contribution in [0.2, 0.25) is 0 Å². The van der Waals surface area contributed by atoms with Crippen molar-refractivity contribution in [3.05, 3.63) is 21.9 Å². The molecule has 1 N–H and O–H groups in total. The maximum atomic E-state index is 11.1. The normalized spacial score (nSPS) is 18.1. The van der Waals surface area contributed by atoms with Gasteiger partial charge in [-0.15, -0.1) is 11.3 Å². The predicted molar refractivity (Wildman–Crippen MR) is 61.7 cm³/mol. The highest BCUT2D eigenvalue weighted by molar-refractivity contribution is 7.10. The maximum Gasteiger partial charge on any atom is 0.323 e. The molecular weight excluding hydrogens is 226 g/mol. The quantitative estimate of drug-likeness (QED) is 0.860. The van der Waals surface area contributed by atoms with E-state index >= 15 is 0 Å². The molecule has 2 rings (SSSR count). The first-order valence-corrected chi connectivity index (χ1v) is 6.11. The van der Waals surface area contributed by atoms with E-state index in [2.05, 4.69) is 11.4 Å². The van der Waals surface area contributed by atoms with E-state index < -0.39 is 12.0 Å². The predicted octanol–water partition coefficient (Wildman–Crippen LogP) is 1.21. The number of rotatable bonds is 4. The number of carboxylic acid groups (broad SMARTS) is 1. The lowest BCUT2D eigenvalue weighted by atomic mass is 10.1. The van der Waals surface area contributed by atoms with Gasteiger partial charge in [0.2, 0.25) is 0 Å². The molecule has 4 nitrogen and oxygen atoms in total. The van der Waals surface area contributed by atoms with Crippen molar-refractivity contribution in [1.29, 1.82) is 0 Å². The number of carbonyl (C=O) groups is 1. The minimum atomic E-state index is -0.805. The van der Waals surface area contributed by atoms with Gasteiger partial charge in [0.05, 0.1) is 6.61 Å². The zero-order valence-corrected chi connectivity index (χ0v) is 10.00. The Bertz CT molecular complexity index is 377. The van der Waals surface area contributed by atoms with Crippen molar-refractivity contribution in [2.75, 3.05) is 20.3 Å². The summed E-state index contributed by atoms with van der Waals surface area (Å²) < 4.78 is 4.97. The van der Waals surface area contributed by atoms with Crippen molar-refractivity contribution < 1.29 is 14.6 Å². The number of ether oxygens (including phenoxy) is 1. The Morgan fingerprint density at radius 1 is 1.75 bits per heavy atom. The SMILES string of the molecule is COCC(C(=O)O)N1CCc2sccc2C1. The molecule has 1 aliphatic heterocycles. The lowest BCUT2D eigenvalue weighted by molar-refractivity contribution is -0.145. The summed E-state index contributed by atoms with van der Waals surface area (Å²) in [5.41, 5.74) is 1.26. The van der Waals surface area contributed by atoms with Crippen LogP contribution in [0, 0.1) is 0 Å². The summed E-state index contributed by atoms with van der Waals surface area (Å²) in [5, 5.41) is 11.2. The van der Waals surface area contributed by atoms with Gasteiger partial charge in [0.15, 0.2) is 0 Å². The second-order valence-electron chi connectivity index (χ2n) is 3.90. The molecule has 0 saturated heterocycles. The summed E-state index contributed by atoms with van der Waals surface area (Å²) in [5.74, 6) is -0.805. The molecule has 88 valence electrons. The van der Waals surface area contributed by atoms with Crippen LogP contribution in [0.25, 0.3) is 0 Å². The third kappa shape index (κ3) is 2.26. The lowest BCUT2D eigenvalue weighted by Gasteiger charge is -2.31. The van der Waals surface area contributed by atoms with Gasteiger partial charge in [-0.2, -0.15) is 0 Å². The van der Waals surface area contributed by atoms with Crippen molar-refractivity contribution in [1.82, 2.24) is 4.90 Å². The highest BCUT2D eigenvalue weighted by Gasteiger charge is 2.28. The van der Waals surface area contributed by atoms with Gasteiger partial charge in [0.25, 0.3) is 0 Å². The first-order valence-electron chi connectivity index (χ1n) is 5.23. The lowest BCUT2D eigenvalue weighted by Crippen LogP contribution is -2.46. The van der Waals surface area contributed by atoms with Gasteiger partial charge in [0.1, 0.15) is 6.04 Å². The van der Waals surface area contributed by atoms with E-state index in [4.69, 9.17) is 9.84 Å². The molecule has 0 aliphatic carbocycles. The van der Waals surface area contributed by atoms with Crippen molar-refractivity contribution in [2.24, 2.45) is 0 Å². The average molecular weight is 241 g/mol. The van der Waals surface area contributed by atoms with Crippen molar-refractivity contribution >= 4 is 17.3 Å². The molecule has 0 saturated carbocycles. The Kier molecular flexibility index (Phi) is 3.58. The second-order valence-corrected chi connectivity index (χ2v) is 4.90. The molecule has 0 fully saturated rings. The van der Waals surface area contributed by atoms with Crippen LogP contribution >= 0.6 is 11.3 Å². The van der Waals surface area contributed by atoms with Crippen LogP contribution in [0.1, 0.15) is 10.4 Å². The molecule has 0 amide bonds. The summed E-state index contributed by atoms with van der Waals surface area (Å²) in [6.45, 7) is 1.77. The van der Waals surface area contributed by atoms with Crippen molar-refractivity contribution in [3.8, 4) is 0 Å². The molecule has 2 heterocycles. The molecule has 1 aliphatic rings. The Hall–Kier alpha value is -0.910. The van der Waals surface area contributed by atoms with Crippen LogP contribution in [0.5, 0.6) is 0 Å². The fourth-order valence-corrected chi connectivity index (χ4v) is 2.92. The molecule has 1 unspecified atom stereocenters.